The minimum Gasteiger partial charge on any atom is -0.380 e. The molecule has 1 amide bonds. The Morgan fingerprint density at radius 2 is 1.61 bits per heavy atom. The molecule has 1 aliphatic carbocycles. The Kier molecular flexibility index (Phi) is 6.43. The van der Waals surface area contributed by atoms with Crippen LogP contribution in [0.25, 0.3) is 0 Å². The van der Waals surface area contributed by atoms with Crippen LogP contribution < -0.4 is 5.32 Å². The number of benzene rings is 2. The number of rotatable bonds is 7. The van der Waals surface area contributed by atoms with Crippen molar-refractivity contribution >= 4 is 27.3 Å². The molecular formula is C21H24ClNO4S. The molecule has 2 aromatic rings. The molecule has 1 N–H and O–H groups in total. The average molecular weight is 422 g/mol. The van der Waals surface area contributed by atoms with Crippen LogP contribution in [-0.2, 0) is 32.5 Å². The Balaban J connectivity index is 1.79. The van der Waals surface area contributed by atoms with Gasteiger partial charge in [0.1, 0.15) is 0 Å². The fraction of sp³-hybridized carbons (Fsp3) is 0.381. The topological polar surface area (TPSA) is 72.5 Å². The summed E-state index contributed by atoms with van der Waals surface area (Å²) in [5, 5.41) is 3.30. The molecule has 0 radical (unpaired) electrons. The SMILES string of the molecule is COCc1ccc(CNC(=O)C2(S(=O)(=O)c3ccc(Cl)cc3)CCCC2)cc1. The Morgan fingerprint density at radius 3 is 2.18 bits per heavy atom. The van der Waals surface area contributed by atoms with E-state index in [9.17, 15) is 13.2 Å². The summed E-state index contributed by atoms with van der Waals surface area (Å²) >= 11 is 5.89. The van der Waals surface area contributed by atoms with Crippen molar-refractivity contribution in [2.75, 3.05) is 7.11 Å². The second-order valence-corrected chi connectivity index (χ2v) is 9.79. The number of carbonyl (C=O) groups is 1. The first-order chi connectivity index (χ1) is 13.4. The molecule has 3 rings (SSSR count). The molecule has 0 aromatic heterocycles. The standard InChI is InChI=1S/C21H24ClNO4S/c1-27-15-17-6-4-16(5-7-17)14-23-20(24)21(12-2-3-13-21)28(25,26)19-10-8-18(22)9-11-19/h4-11H,2-3,12-15H2,1H3,(H,23,24). The zero-order valence-electron chi connectivity index (χ0n) is 15.8. The Morgan fingerprint density at radius 1 is 1.04 bits per heavy atom. The van der Waals surface area contributed by atoms with Crippen molar-refractivity contribution in [2.45, 2.75) is 48.5 Å². The summed E-state index contributed by atoms with van der Waals surface area (Å²) < 4.78 is 30.3. The first-order valence-corrected chi connectivity index (χ1v) is 11.1. The maximum absolute atomic E-state index is 13.3. The first kappa shape index (κ1) is 20.8. The van der Waals surface area contributed by atoms with Crippen LogP contribution in [0.2, 0.25) is 5.02 Å². The minimum atomic E-state index is -3.82. The first-order valence-electron chi connectivity index (χ1n) is 9.24. The van der Waals surface area contributed by atoms with E-state index in [1.807, 2.05) is 24.3 Å². The van der Waals surface area contributed by atoms with E-state index in [1.54, 1.807) is 7.11 Å². The normalized spacial score (nSPS) is 16.1. The van der Waals surface area contributed by atoms with Crippen molar-refractivity contribution in [1.29, 1.82) is 0 Å². The fourth-order valence-corrected chi connectivity index (χ4v) is 5.88. The number of amides is 1. The van der Waals surface area contributed by atoms with Gasteiger partial charge in [0.2, 0.25) is 5.91 Å². The molecule has 1 fully saturated rings. The monoisotopic (exact) mass is 421 g/mol. The van der Waals surface area contributed by atoms with Gasteiger partial charge in [-0.15, -0.1) is 0 Å². The molecule has 28 heavy (non-hydrogen) atoms. The molecule has 0 atom stereocenters. The number of carbonyl (C=O) groups excluding carboxylic acids is 1. The highest BCUT2D eigenvalue weighted by Gasteiger charge is 2.52. The van der Waals surface area contributed by atoms with E-state index >= 15 is 0 Å². The molecule has 150 valence electrons. The molecule has 0 spiro atoms. The van der Waals surface area contributed by atoms with Crippen LogP contribution in [0.15, 0.2) is 53.4 Å². The molecule has 0 unspecified atom stereocenters. The molecule has 1 aliphatic rings. The van der Waals surface area contributed by atoms with E-state index in [1.165, 1.54) is 24.3 Å². The van der Waals surface area contributed by atoms with Gasteiger partial charge >= 0.3 is 0 Å². The largest absolute Gasteiger partial charge is 0.380 e. The lowest BCUT2D eigenvalue weighted by atomic mass is 10.1. The van der Waals surface area contributed by atoms with Gasteiger partial charge in [-0.1, -0.05) is 48.7 Å². The smallest absolute Gasteiger partial charge is 0.242 e. The van der Waals surface area contributed by atoms with Crippen LogP contribution in [-0.4, -0.2) is 26.2 Å². The van der Waals surface area contributed by atoms with Gasteiger partial charge in [-0.2, -0.15) is 0 Å². The van der Waals surface area contributed by atoms with E-state index in [0.29, 0.717) is 37.3 Å². The molecule has 0 aliphatic heterocycles. The summed E-state index contributed by atoms with van der Waals surface area (Å²) in [6.07, 6.45) is 2.09. The second-order valence-electron chi connectivity index (χ2n) is 7.09. The number of sulfone groups is 1. The van der Waals surface area contributed by atoms with Crippen LogP contribution in [0.3, 0.4) is 0 Å². The highest BCUT2D eigenvalue weighted by Crippen LogP contribution is 2.41. The van der Waals surface area contributed by atoms with Gasteiger partial charge in [-0.3, -0.25) is 4.79 Å². The number of hydrogen-bond donors (Lipinski definition) is 1. The summed E-state index contributed by atoms with van der Waals surface area (Å²) in [5.74, 6) is -0.430. The Hall–Kier alpha value is -1.89. The molecule has 7 heteroatoms. The van der Waals surface area contributed by atoms with E-state index in [0.717, 1.165) is 11.1 Å². The summed E-state index contributed by atoms with van der Waals surface area (Å²) in [6, 6.07) is 13.7. The summed E-state index contributed by atoms with van der Waals surface area (Å²) in [7, 11) is -2.19. The van der Waals surface area contributed by atoms with Gasteiger partial charge < -0.3 is 10.1 Å². The lowest BCUT2D eigenvalue weighted by Crippen LogP contribution is -2.50. The number of halogens is 1. The van der Waals surface area contributed by atoms with E-state index < -0.39 is 20.5 Å². The second kappa shape index (κ2) is 8.64. The average Bonchev–Trinajstić information content (AvgIpc) is 3.20. The van der Waals surface area contributed by atoms with Crippen molar-refractivity contribution in [3.63, 3.8) is 0 Å². The molecule has 2 aromatic carbocycles. The summed E-state index contributed by atoms with van der Waals surface area (Å²) in [4.78, 5) is 13.2. The van der Waals surface area contributed by atoms with Crippen molar-refractivity contribution in [2.24, 2.45) is 0 Å². The van der Waals surface area contributed by atoms with E-state index in [4.69, 9.17) is 16.3 Å². The quantitative estimate of drug-likeness (QED) is 0.736. The molecule has 0 saturated heterocycles. The van der Waals surface area contributed by atoms with Gasteiger partial charge in [-0.25, -0.2) is 8.42 Å². The Bertz CT molecular complexity index is 918. The van der Waals surface area contributed by atoms with Gasteiger partial charge in [0, 0.05) is 18.7 Å². The predicted molar refractivity (Wildman–Crippen MR) is 109 cm³/mol. The number of nitrogens with one attached hydrogen (secondary N) is 1. The Labute approximate surface area is 171 Å². The maximum Gasteiger partial charge on any atom is 0.242 e. The minimum absolute atomic E-state index is 0.137. The molecule has 0 bridgehead atoms. The van der Waals surface area contributed by atoms with Gasteiger partial charge in [0.25, 0.3) is 0 Å². The van der Waals surface area contributed by atoms with Gasteiger partial charge in [0.15, 0.2) is 14.6 Å². The lowest BCUT2D eigenvalue weighted by Gasteiger charge is -2.27. The fourth-order valence-electron chi connectivity index (χ4n) is 3.67. The molecule has 5 nitrogen and oxygen atoms in total. The molecule has 0 heterocycles. The van der Waals surface area contributed by atoms with Crippen LogP contribution in [0.1, 0.15) is 36.8 Å². The number of ether oxygens (including phenoxy) is 1. The van der Waals surface area contributed by atoms with Gasteiger partial charge in [-0.05, 0) is 48.2 Å². The van der Waals surface area contributed by atoms with Crippen LogP contribution >= 0.6 is 11.6 Å². The van der Waals surface area contributed by atoms with Crippen molar-refractivity contribution in [3.8, 4) is 0 Å². The zero-order chi connectivity index (χ0) is 20.2. The van der Waals surface area contributed by atoms with Crippen LogP contribution in [0, 0.1) is 0 Å². The molecule has 1 saturated carbocycles. The summed E-state index contributed by atoms with van der Waals surface area (Å²) in [5.41, 5.74) is 1.94. The highest BCUT2D eigenvalue weighted by molar-refractivity contribution is 7.93. The number of methoxy groups -OCH3 is 1. The predicted octanol–water partition coefficient (Wildman–Crippen LogP) is 3.89. The number of hydrogen-bond acceptors (Lipinski definition) is 4. The third kappa shape index (κ3) is 4.09. The van der Waals surface area contributed by atoms with E-state index in [-0.39, 0.29) is 11.4 Å². The van der Waals surface area contributed by atoms with Crippen LogP contribution in [0.5, 0.6) is 0 Å². The van der Waals surface area contributed by atoms with Gasteiger partial charge in [0.05, 0.1) is 11.5 Å². The third-order valence-corrected chi connectivity index (χ3v) is 8.02. The zero-order valence-corrected chi connectivity index (χ0v) is 17.4. The summed E-state index contributed by atoms with van der Waals surface area (Å²) in [6.45, 7) is 0.805. The van der Waals surface area contributed by atoms with Crippen molar-refractivity contribution < 1.29 is 17.9 Å². The highest BCUT2D eigenvalue weighted by atomic mass is 35.5. The van der Waals surface area contributed by atoms with Crippen molar-refractivity contribution in [1.82, 2.24) is 5.32 Å². The third-order valence-electron chi connectivity index (χ3n) is 5.25. The maximum atomic E-state index is 13.3. The lowest BCUT2D eigenvalue weighted by molar-refractivity contribution is -0.123. The van der Waals surface area contributed by atoms with Crippen LogP contribution in [0.4, 0.5) is 0 Å². The molecular weight excluding hydrogens is 398 g/mol. The van der Waals surface area contributed by atoms with E-state index in [2.05, 4.69) is 5.32 Å². The van der Waals surface area contributed by atoms with Crippen molar-refractivity contribution in [3.05, 3.63) is 64.7 Å².